The van der Waals surface area contributed by atoms with Crippen molar-refractivity contribution < 1.29 is 0 Å². The predicted molar refractivity (Wildman–Crippen MR) is 226 cm³/mol. The summed E-state index contributed by atoms with van der Waals surface area (Å²) in [4.78, 5) is 5.03. The lowest BCUT2D eigenvalue weighted by atomic mass is 9.72. The van der Waals surface area contributed by atoms with Gasteiger partial charge in [-0.25, -0.2) is 0 Å². The summed E-state index contributed by atoms with van der Waals surface area (Å²) in [5, 5.41) is 7.25. The molecule has 0 unspecified atom stereocenters. The van der Waals surface area contributed by atoms with E-state index >= 15 is 0 Å². The molecule has 1 aliphatic heterocycles. The van der Waals surface area contributed by atoms with Crippen LogP contribution in [0.25, 0.3) is 43.4 Å². The topological polar surface area (TPSA) is 6.48 Å². The van der Waals surface area contributed by atoms with E-state index in [1.54, 1.807) is 0 Å². The third-order valence-corrected chi connectivity index (χ3v) is 11.2. The fourth-order valence-corrected chi connectivity index (χ4v) is 8.54. The average molecular weight is 679 g/mol. The van der Waals surface area contributed by atoms with Gasteiger partial charge in [0.25, 0.3) is 0 Å². The van der Waals surface area contributed by atoms with Gasteiger partial charge < -0.3 is 9.80 Å². The Balaban J connectivity index is 1.31. The van der Waals surface area contributed by atoms with Crippen LogP contribution >= 0.6 is 0 Å². The third-order valence-electron chi connectivity index (χ3n) is 11.2. The molecule has 9 aromatic carbocycles. The summed E-state index contributed by atoms with van der Waals surface area (Å²) < 4.78 is 0. The molecule has 9 aromatic rings. The van der Waals surface area contributed by atoms with Gasteiger partial charge in [0.2, 0.25) is 0 Å². The van der Waals surface area contributed by atoms with Crippen molar-refractivity contribution in [2.24, 2.45) is 0 Å². The van der Waals surface area contributed by atoms with E-state index in [1.807, 2.05) is 0 Å². The Bertz CT molecular complexity index is 2830. The first kappa shape index (κ1) is 31.1. The van der Waals surface area contributed by atoms with E-state index in [0.717, 1.165) is 22.7 Å². The number of fused-ring (bicyclic) bond motifs is 5. The first-order valence-electron chi connectivity index (χ1n) is 18.4. The number of rotatable bonds is 5. The Kier molecular flexibility index (Phi) is 7.19. The van der Waals surface area contributed by atoms with Crippen LogP contribution in [0.5, 0.6) is 0 Å². The molecule has 0 fully saturated rings. The summed E-state index contributed by atoms with van der Waals surface area (Å²) in [6.45, 7) is 4.75. The smallest absolute Gasteiger partial charge is 0.0781 e. The molecule has 10 rings (SSSR count). The Morgan fingerprint density at radius 1 is 0.396 bits per heavy atom. The Morgan fingerprint density at radius 2 is 1.02 bits per heavy atom. The maximum Gasteiger partial charge on any atom is 0.0781 e. The molecule has 252 valence electrons. The molecule has 0 aromatic heterocycles. The second kappa shape index (κ2) is 12.3. The van der Waals surface area contributed by atoms with E-state index in [2.05, 4.69) is 218 Å². The first-order valence-corrected chi connectivity index (χ1v) is 18.4. The highest BCUT2D eigenvalue weighted by Gasteiger charge is 2.39. The predicted octanol–water partition coefficient (Wildman–Crippen LogP) is 14.4. The van der Waals surface area contributed by atoms with Crippen molar-refractivity contribution in [1.82, 2.24) is 0 Å². The van der Waals surface area contributed by atoms with Crippen molar-refractivity contribution in [3.63, 3.8) is 0 Å². The molecule has 0 aliphatic carbocycles. The number of anilines is 6. The minimum absolute atomic E-state index is 0.231. The van der Waals surface area contributed by atoms with Gasteiger partial charge in [-0.15, -0.1) is 0 Å². The standard InChI is InChI=1S/C51H38N2/c1-51(2)44-24-12-13-25-47(44)53(48-31-29-40(34-45(48)51)35-15-4-3-5-16-35)50-43-23-11-9-19-38(43)28-32-49(50)52(41-30-27-36-17-6-7-20-39(36)33-41)46-26-14-21-37-18-8-10-22-42(37)46/h3-34H,1-2H3. The molecule has 0 saturated carbocycles. The van der Waals surface area contributed by atoms with Crippen LogP contribution in [0.15, 0.2) is 194 Å². The summed E-state index contributed by atoms with van der Waals surface area (Å²) in [7, 11) is 0. The van der Waals surface area contributed by atoms with Crippen molar-refractivity contribution in [2.45, 2.75) is 19.3 Å². The van der Waals surface area contributed by atoms with Crippen LogP contribution < -0.4 is 9.80 Å². The van der Waals surface area contributed by atoms with Gasteiger partial charge in [0.1, 0.15) is 0 Å². The van der Waals surface area contributed by atoms with Gasteiger partial charge in [-0.05, 0) is 86.3 Å². The highest BCUT2D eigenvalue weighted by atomic mass is 15.2. The van der Waals surface area contributed by atoms with Gasteiger partial charge in [0.15, 0.2) is 0 Å². The summed E-state index contributed by atoms with van der Waals surface area (Å²) in [5.74, 6) is 0. The Hall–Kier alpha value is -6.64. The molecule has 0 radical (unpaired) electrons. The van der Waals surface area contributed by atoms with E-state index in [-0.39, 0.29) is 5.41 Å². The first-order chi connectivity index (χ1) is 26.1. The summed E-state index contributed by atoms with van der Waals surface area (Å²) in [6, 6.07) is 71.2. The molecule has 0 amide bonds. The van der Waals surface area contributed by atoms with Crippen molar-refractivity contribution in [2.75, 3.05) is 9.80 Å². The molecule has 0 N–H and O–H groups in total. The fraction of sp³-hybridized carbons (Fsp3) is 0.0588. The SMILES string of the molecule is CC1(C)c2ccccc2N(c2c(N(c3ccc4ccccc4c3)c3cccc4ccccc34)ccc3ccccc23)c2ccc(-c3ccccc3)cc21. The largest absolute Gasteiger partial charge is 0.308 e. The van der Waals surface area contributed by atoms with E-state index < -0.39 is 0 Å². The third kappa shape index (κ3) is 5.02. The van der Waals surface area contributed by atoms with Crippen molar-refractivity contribution in [3.05, 3.63) is 205 Å². The zero-order chi connectivity index (χ0) is 35.5. The summed E-state index contributed by atoms with van der Waals surface area (Å²) in [5.41, 5.74) is 11.7. The van der Waals surface area contributed by atoms with E-state index in [9.17, 15) is 0 Å². The second-order valence-corrected chi connectivity index (χ2v) is 14.6. The van der Waals surface area contributed by atoms with Crippen molar-refractivity contribution in [1.29, 1.82) is 0 Å². The van der Waals surface area contributed by atoms with Crippen LogP contribution in [0.4, 0.5) is 34.1 Å². The average Bonchev–Trinajstić information content (AvgIpc) is 3.22. The Labute approximate surface area is 310 Å². The molecule has 0 bridgehead atoms. The number of hydrogen-bond donors (Lipinski definition) is 0. The minimum Gasteiger partial charge on any atom is -0.308 e. The Morgan fingerprint density at radius 3 is 1.85 bits per heavy atom. The number of para-hydroxylation sites is 1. The molecule has 53 heavy (non-hydrogen) atoms. The summed E-state index contributed by atoms with van der Waals surface area (Å²) in [6.07, 6.45) is 0. The van der Waals surface area contributed by atoms with Gasteiger partial charge in [0.05, 0.1) is 28.4 Å². The molecule has 2 nitrogen and oxygen atoms in total. The highest BCUT2D eigenvalue weighted by molar-refractivity contribution is 6.11. The van der Waals surface area contributed by atoms with E-state index in [4.69, 9.17) is 0 Å². The lowest BCUT2D eigenvalue weighted by Gasteiger charge is -2.44. The molecular weight excluding hydrogens is 641 g/mol. The summed E-state index contributed by atoms with van der Waals surface area (Å²) >= 11 is 0. The van der Waals surface area contributed by atoms with Gasteiger partial charge in [-0.1, -0.05) is 166 Å². The molecule has 0 atom stereocenters. The van der Waals surface area contributed by atoms with Crippen LogP contribution in [-0.4, -0.2) is 0 Å². The second-order valence-electron chi connectivity index (χ2n) is 14.6. The molecule has 1 heterocycles. The molecule has 2 heteroatoms. The zero-order valence-electron chi connectivity index (χ0n) is 29.9. The minimum atomic E-state index is -0.231. The molecule has 0 saturated heterocycles. The van der Waals surface area contributed by atoms with Crippen LogP contribution in [0, 0.1) is 0 Å². The van der Waals surface area contributed by atoms with Gasteiger partial charge in [0, 0.05) is 21.9 Å². The maximum atomic E-state index is 2.54. The maximum absolute atomic E-state index is 2.54. The number of hydrogen-bond acceptors (Lipinski definition) is 2. The molecular formula is C51H38N2. The molecule has 0 spiro atoms. The van der Waals surface area contributed by atoms with E-state index in [0.29, 0.717) is 0 Å². The van der Waals surface area contributed by atoms with E-state index in [1.165, 1.54) is 65.9 Å². The lowest BCUT2D eigenvalue weighted by Crippen LogP contribution is -2.31. The van der Waals surface area contributed by atoms with Crippen LogP contribution in [0.2, 0.25) is 0 Å². The van der Waals surface area contributed by atoms with Crippen LogP contribution in [-0.2, 0) is 5.41 Å². The number of benzene rings is 9. The number of nitrogens with zero attached hydrogens (tertiary/aromatic N) is 2. The van der Waals surface area contributed by atoms with Crippen LogP contribution in [0.1, 0.15) is 25.0 Å². The lowest BCUT2D eigenvalue weighted by molar-refractivity contribution is 0.632. The van der Waals surface area contributed by atoms with Gasteiger partial charge in [-0.3, -0.25) is 0 Å². The normalized spacial score (nSPS) is 13.2. The van der Waals surface area contributed by atoms with Gasteiger partial charge in [-0.2, -0.15) is 0 Å². The van der Waals surface area contributed by atoms with Crippen molar-refractivity contribution in [3.8, 4) is 11.1 Å². The quantitative estimate of drug-likeness (QED) is 0.179. The van der Waals surface area contributed by atoms with Crippen molar-refractivity contribution >= 4 is 66.4 Å². The monoisotopic (exact) mass is 678 g/mol. The van der Waals surface area contributed by atoms with Gasteiger partial charge >= 0.3 is 0 Å². The van der Waals surface area contributed by atoms with Crippen LogP contribution in [0.3, 0.4) is 0 Å². The zero-order valence-corrected chi connectivity index (χ0v) is 29.9. The highest BCUT2D eigenvalue weighted by Crippen LogP contribution is 2.57. The molecule has 1 aliphatic rings. The fourth-order valence-electron chi connectivity index (χ4n) is 8.54.